The molecule has 0 fully saturated rings. The van der Waals surface area contributed by atoms with E-state index in [1.807, 2.05) is 24.3 Å². The number of carbonyl (C=O) groups is 2. The van der Waals surface area contributed by atoms with Crippen LogP contribution < -0.4 is 15.4 Å². The Balaban J connectivity index is 1.25. The van der Waals surface area contributed by atoms with Crippen molar-refractivity contribution in [1.82, 2.24) is 4.98 Å². The summed E-state index contributed by atoms with van der Waals surface area (Å²) in [5.74, 6) is 0.195. The quantitative estimate of drug-likeness (QED) is 0.408. The highest BCUT2D eigenvalue weighted by Gasteiger charge is 2.09. The number of nitrogens with zero attached hydrogens (tertiary/aromatic N) is 1. The van der Waals surface area contributed by atoms with Gasteiger partial charge < -0.3 is 20.1 Å². The lowest BCUT2D eigenvalue weighted by atomic mass is 10.2. The number of aromatic nitrogens is 1. The summed E-state index contributed by atoms with van der Waals surface area (Å²) in [5, 5.41) is 6.40. The second kappa shape index (κ2) is 10.0. The van der Waals surface area contributed by atoms with E-state index >= 15 is 0 Å². The van der Waals surface area contributed by atoms with Crippen molar-refractivity contribution in [1.29, 1.82) is 0 Å². The number of para-hydroxylation sites is 1. The van der Waals surface area contributed by atoms with Gasteiger partial charge in [0.15, 0.2) is 0 Å². The fourth-order valence-electron chi connectivity index (χ4n) is 2.99. The summed E-state index contributed by atoms with van der Waals surface area (Å²) in [7, 11) is 1.59. The van der Waals surface area contributed by atoms with Gasteiger partial charge in [0, 0.05) is 16.9 Å². The Morgan fingerprint density at radius 3 is 2.31 bits per heavy atom. The Morgan fingerprint density at radius 1 is 0.906 bits per heavy atom. The first-order valence-electron chi connectivity index (χ1n) is 9.88. The SMILES string of the molecule is COc1ccc(NC(=O)c2ccc(NC(=O)COCc3nc4ccccc4s3)cc2)cc1. The smallest absolute Gasteiger partial charge is 0.255 e. The highest BCUT2D eigenvalue weighted by molar-refractivity contribution is 7.18. The van der Waals surface area contributed by atoms with Gasteiger partial charge in [-0.1, -0.05) is 12.1 Å². The van der Waals surface area contributed by atoms with Crippen LogP contribution in [-0.4, -0.2) is 30.5 Å². The lowest BCUT2D eigenvalue weighted by Crippen LogP contribution is -2.18. The number of fused-ring (bicyclic) bond motifs is 1. The first kappa shape index (κ1) is 21.5. The van der Waals surface area contributed by atoms with Crippen LogP contribution in [0.5, 0.6) is 5.75 Å². The van der Waals surface area contributed by atoms with Crippen LogP contribution in [0.1, 0.15) is 15.4 Å². The fraction of sp³-hybridized carbons (Fsp3) is 0.125. The Kier molecular flexibility index (Phi) is 6.74. The van der Waals surface area contributed by atoms with Crippen LogP contribution in [0.3, 0.4) is 0 Å². The number of ether oxygens (including phenoxy) is 2. The summed E-state index contributed by atoms with van der Waals surface area (Å²) < 4.78 is 11.7. The molecule has 0 aliphatic carbocycles. The second-order valence-corrected chi connectivity index (χ2v) is 7.99. The Morgan fingerprint density at radius 2 is 1.59 bits per heavy atom. The molecule has 0 saturated heterocycles. The third-order valence-corrected chi connectivity index (χ3v) is 5.59. The van der Waals surface area contributed by atoms with Gasteiger partial charge in [-0.15, -0.1) is 11.3 Å². The standard InChI is InChI=1S/C24H21N3O4S/c1-30-19-12-10-18(11-13-19)26-24(29)16-6-8-17(9-7-16)25-22(28)14-31-15-23-27-20-4-2-3-5-21(20)32-23/h2-13H,14-15H2,1H3,(H,25,28)(H,26,29). The molecule has 0 bridgehead atoms. The number of rotatable bonds is 8. The van der Waals surface area contributed by atoms with Gasteiger partial charge in [-0.05, 0) is 60.7 Å². The number of carbonyl (C=O) groups excluding carboxylic acids is 2. The maximum Gasteiger partial charge on any atom is 0.255 e. The molecular weight excluding hydrogens is 426 g/mol. The molecule has 2 amide bonds. The average molecular weight is 448 g/mol. The van der Waals surface area contributed by atoms with E-state index in [0.717, 1.165) is 15.2 Å². The van der Waals surface area contributed by atoms with Crippen LogP contribution in [0.2, 0.25) is 0 Å². The lowest BCUT2D eigenvalue weighted by Gasteiger charge is -2.08. The molecule has 4 rings (SSSR count). The molecule has 1 aromatic heterocycles. The molecule has 0 radical (unpaired) electrons. The van der Waals surface area contributed by atoms with Crippen LogP contribution in [0.15, 0.2) is 72.8 Å². The molecule has 0 spiro atoms. The predicted molar refractivity (Wildman–Crippen MR) is 125 cm³/mol. The predicted octanol–water partition coefficient (Wildman–Crippen LogP) is 4.71. The molecule has 4 aromatic rings. The zero-order valence-corrected chi connectivity index (χ0v) is 18.1. The van der Waals surface area contributed by atoms with Crippen LogP contribution >= 0.6 is 11.3 Å². The zero-order chi connectivity index (χ0) is 22.3. The van der Waals surface area contributed by atoms with Gasteiger partial charge in [0.2, 0.25) is 5.91 Å². The van der Waals surface area contributed by atoms with Crippen molar-refractivity contribution in [2.45, 2.75) is 6.61 Å². The van der Waals surface area contributed by atoms with Crippen molar-refractivity contribution >= 4 is 44.7 Å². The first-order chi connectivity index (χ1) is 15.6. The number of methoxy groups -OCH3 is 1. The van der Waals surface area contributed by atoms with Crippen LogP contribution in [0, 0.1) is 0 Å². The summed E-state index contributed by atoms with van der Waals surface area (Å²) in [6.07, 6.45) is 0. The van der Waals surface area contributed by atoms with E-state index in [1.165, 1.54) is 0 Å². The first-order valence-corrected chi connectivity index (χ1v) is 10.7. The van der Waals surface area contributed by atoms with Crippen molar-refractivity contribution < 1.29 is 19.1 Å². The number of hydrogen-bond donors (Lipinski definition) is 2. The summed E-state index contributed by atoms with van der Waals surface area (Å²) in [5.41, 5.74) is 2.65. The minimum absolute atomic E-state index is 0.0877. The molecule has 0 aliphatic rings. The number of thiazole rings is 1. The monoisotopic (exact) mass is 447 g/mol. The van der Waals surface area contributed by atoms with Gasteiger partial charge in [-0.3, -0.25) is 9.59 Å². The molecule has 7 nitrogen and oxygen atoms in total. The van der Waals surface area contributed by atoms with E-state index in [0.29, 0.717) is 22.7 Å². The molecule has 162 valence electrons. The summed E-state index contributed by atoms with van der Waals surface area (Å²) >= 11 is 1.55. The van der Waals surface area contributed by atoms with Gasteiger partial charge in [-0.25, -0.2) is 4.98 Å². The normalized spacial score (nSPS) is 10.7. The van der Waals surface area contributed by atoms with Crippen LogP contribution in [0.4, 0.5) is 11.4 Å². The van der Waals surface area contributed by atoms with E-state index in [1.54, 1.807) is 67.0 Å². The highest BCUT2D eigenvalue weighted by atomic mass is 32.1. The molecule has 0 saturated carbocycles. The van der Waals surface area contributed by atoms with Crippen molar-refractivity contribution in [3.05, 3.63) is 83.4 Å². The van der Waals surface area contributed by atoms with Gasteiger partial charge in [0.1, 0.15) is 17.4 Å². The molecule has 3 aromatic carbocycles. The zero-order valence-electron chi connectivity index (χ0n) is 17.3. The van der Waals surface area contributed by atoms with Crippen LogP contribution in [-0.2, 0) is 16.1 Å². The summed E-state index contributed by atoms with van der Waals surface area (Å²) in [6.45, 7) is 0.187. The third-order valence-electron chi connectivity index (χ3n) is 4.58. The summed E-state index contributed by atoms with van der Waals surface area (Å²) in [6, 6.07) is 21.6. The molecular formula is C24H21N3O4S. The minimum Gasteiger partial charge on any atom is -0.497 e. The average Bonchev–Trinajstić information content (AvgIpc) is 3.23. The topological polar surface area (TPSA) is 89.6 Å². The largest absolute Gasteiger partial charge is 0.497 e. The third kappa shape index (κ3) is 5.48. The molecule has 2 N–H and O–H groups in total. The van der Waals surface area contributed by atoms with E-state index in [-0.39, 0.29) is 25.0 Å². The van der Waals surface area contributed by atoms with Gasteiger partial charge in [0.25, 0.3) is 5.91 Å². The number of nitrogens with one attached hydrogen (secondary N) is 2. The Hall–Kier alpha value is -3.75. The molecule has 8 heteroatoms. The van der Waals surface area contributed by atoms with Crippen molar-refractivity contribution in [3.8, 4) is 5.75 Å². The van der Waals surface area contributed by atoms with E-state index in [4.69, 9.17) is 9.47 Å². The second-order valence-electron chi connectivity index (χ2n) is 6.88. The van der Waals surface area contributed by atoms with E-state index in [9.17, 15) is 9.59 Å². The molecule has 32 heavy (non-hydrogen) atoms. The lowest BCUT2D eigenvalue weighted by molar-refractivity contribution is -0.121. The Bertz CT molecular complexity index is 1190. The van der Waals surface area contributed by atoms with Gasteiger partial charge in [-0.2, -0.15) is 0 Å². The highest BCUT2D eigenvalue weighted by Crippen LogP contribution is 2.22. The molecule has 0 atom stereocenters. The molecule has 1 heterocycles. The van der Waals surface area contributed by atoms with Crippen molar-refractivity contribution in [3.63, 3.8) is 0 Å². The van der Waals surface area contributed by atoms with Gasteiger partial charge >= 0.3 is 0 Å². The van der Waals surface area contributed by atoms with Crippen LogP contribution in [0.25, 0.3) is 10.2 Å². The number of anilines is 2. The van der Waals surface area contributed by atoms with Crippen molar-refractivity contribution in [2.75, 3.05) is 24.4 Å². The Labute approximate surface area is 189 Å². The van der Waals surface area contributed by atoms with E-state index < -0.39 is 0 Å². The number of hydrogen-bond acceptors (Lipinski definition) is 6. The molecule has 0 unspecified atom stereocenters. The maximum atomic E-state index is 12.4. The minimum atomic E-state index is -0.276. The number of benzene rings is 3. The van der Waals surface area contributed by atoms with Gasteiger partial charge in [0.05, 0.1) is 23.9 Å². The maximum absolute atomic E-state index is 12.4. The summed E-state index contributed by atoms with van der Waals surface area (Å²) in [4.78, 5) is 29.0. The van der Waals surface area contributed by atoms with Crippen molar-refractivity contribution in [2.24, 2.45) is 0 Å². The van der Waals surface area contributed by atoms with E-state index in [2.05, 4.69) is 15.6 Å². The number of amides is 2. The molecule has 0 aliphatic heterocycles. The fourth-order valence-corrected chi connectivity index (χ4v) is 3.90.